The van der Waals surface area contributed by atoms with Crippen molar-refractivity contribution in [1.82, 2.24) is 14.6 Å². The number of fused-ring (bicyclic) bond motifs is 2. The van der Waals surface area contributed by atoms with Gasteiger partial charge in [0.05, 0.1) is 30.6 Å². The number of aromatic nitrogens is 3. The number of rotatable bonds is 3. The Bertz CT molecular complexity index is 1020. The van der Waals surface area contributed by atoms with E-state index in [4.69, 9.17) is 10.5 Å². The number of piperidine rings is 1. The molecule has 130 valence electrons. The maximum atomic E-state index is 9.39. The first-order valence-electron chi connectivity index (χ1n) is 8.62. The molecular weight excluding hydrogens is 328 g/mol. The fourth-order valence-electron chi connectivity index (χ4n) is 4.00. The van der Waals surface area contributed by atoms with Gasteiger partial charge in [-0.25, -0.2) is 9.50 Å². The average molecular weight is 346 g/mol. The number of methoxy groups -OCH3 is 1. The first-order chi connectivity index (χ1) is 12.7. The second-order valence-corrected chi connectivity index (χ2v) is 6.97. The molecule has 2 fully saturated rings. The van der Waals surface area contributed by atoms with Crippen molar-refractivity contribution in [3.05, 3.63) is 42.4 Å². The van der Waals surface area contributed by atoms with Gasteiger partial charge in [-0.05, 0) is 30.0 Å². The van der Waals surface area contributed by atoms with Crippen molar-refractivity contribution in [2.45, 2.75) is 6.04 Å². The summed E-state index contributed by atoms with van der Waals surface area (Å²) in [4.78, 5) is 6.95. The van der Waals surface area contributed by atoms with Crippen LogP contribution in [-0.2, 0) is 0 Å². The Balaban J connectivity index is 1.53. The molecule has 1 aliphatic carbocycles. The second-order valence-electron chi connectivity index (χ2n) is 6.97. The number of nitriles is 1. The summed E-state index contributed by atoms with van der Waals surface area (Å²) in [6, 6.07) is 8.56. The van der Waals surface area contributed by atoms with Crippen LogP contribution in [0, 0.1) is 23.2 Å². The second kappa shape index (κ2) is 5.44. The molecule has 4 heterocycles. The number of pyridine rings is 2. The van der Waals surface area contributed by atoms with Crippen molar-refractivity contribution in [2.24, 2.45) is 17.6 Å². The van der Waals surface area contributed by atoms with Gasteiger partial charge < -0.3 is 15.4 Å². The van der Waals surface area contributed by atoms with Crippen LogP contribution in [0.25, 0.3) is 16.6 Å². The number of anilines is 1. The van der Waals surface area contributed by atoms with Crippen molar-refractivity contribution in [2.75, 3.05) is 25.1 Å². The Morgan fingerprint density at radius 2 is 2.08 bits per heavy atom. The number of hydrogen-bond acceptors (Lipinski definition) is 6. The van der Waals surface area contributed by atoms with Gasteiger partial charge in [0.25, 0.3) is 0 Å². The van der Waals surface area contributed by atoms with E-state index in [0.717, 1.165) is 35.6 Å². The Kier molecular flexibility index (Phi) is 3.18. The average Bonchev–Trinajstić information content (AvgIpc) is 3.08. The lowest BCUT2D eigenvalue weighted by Crippen LogP contribution is -2.28. The van der Waals surface area contributed by atoms with Crippen LogP contribution in [0.15, 0.2) is 36.8 Å². The van der Waals surface area contributed by atoms with E-state index in [-0.39, 0.29) is 0 Å². The van der Waals surface area contributed by atoms with Gasteiger partial charge in [-0.1, -0.05) is 0 Å². The summed E-state index contributed by atoms with van der Waals surface area (Å²) in [6.45, 7) is 1.98. The highest BCUT2D eigenvalue weighted by Crippen LogP contribution is 2.45. The standard InChI is InChI=1S/C19H18N6O/c1-26-13-4-14(19-12(5-20)7-23-25(19)8-13)11-2-3-17(22-6-11)24-9-15-16(10-24)18(15)21/h2-4,6-8,15-16,18H,9-10,21H2,1H3/t15-,16+,18+. The van der Waals surface area contributed by atoms with Crippen LogP contribution >= 0.6 is 0 Å². The van der Waals surface area contributed by atoms with Crippen molar-refractivity contribution >= 4 is 11.3 Å². The quantitative estimate of drug-likeness (QED) is 0.775. The minimum Gasteiger partial charge on any atom is -0.495 e. The predicted octanol–water partition coefficient (Wildman–Crippen LogP) is 1.67. The molecule has 0 unspecified atom stereocenters. The van der Waals surface area contributed by atoms with Gasteiger partial charge in [0, 0.05) is 36.5 Å². The Morgan fingerprint density at radius 1 is 1.27 bits per heavy atom. The van der Waals surface area contributed by atoms with Crippen LogP contribution in [0.2, 0.25) is 0 Å². The lowest BCUT2D eigenvalue weighted by molar-refractivity contribution is 0.412. The third kappa shape index (κ3) is 2.16. The molecule has 2 N–H and O–H groups in total. The SMILES string of the molecule is COc1cc(-c2ccc(N3C[C@@H]4[C@@H](N)[C@@H]4C3)nc2)c2c(C#N)cnn2c1. The predicted molar refractivity (Wildman–Crippen MR) is 96.9 cm³/mol. The maximum Gasteiger partial charge on any atom is 0.137 e. The van der Waals surface area contributed by atoms with Crippen molar-refractivity contribution in [3.63, 3.8) is 0 Å². The zero-order chi connectivity index (χ0) is 17.8. The fourth-order valence-corrected chi connectivity index (χ4v) is 4.00. The van der Waals surface area contributed by atoms with E-state index in [2.05, 4.69) is 21.1 Å². The van der Waals surface area contributed by atoms with Crippen molar-refractivity contribution in [3.8, 4) is 22.9 Å². The first kappa shape index (κ1) is 15.2. The van der Waals surface area contributed by atoms with Gasteiger partial charge in [0.1, 0.15) is 17.6 Å². The van der Waals surface area contributed by atoms with Crippen LogP contribution in [0.3, 0.4) is 0 Å². The maximum absolute atomic E-state index is 9.39. The molecule has 1 saturated heterocycles. The van der Waals surface area contributed by atoms with Crippen molar-refractivity contribution < 1.29 is 4.74 Å². The molecule has 26 heavy (non-hydrogen) atoms. The van der Waals surface area contributed by atoms with Crippen LogP contribution in [0.1, 0.15) is 5.56 Å². The third-order valence-corrected chi connectivity index (χ3v) is 5.59. The van der Waals surface area contributed by atoms with E-state index in [0.29, 0.717) is 29.2 Å². The normalized spacial score (nSPS) is 23.7. The van der Waals surface area contributed by atoms with E-state index in [9.17, 15) is 5.26 Å². The third-order valence-electron chi connectivity index (χ3n) is 5.59. The van der Waals surface area contributed by atoms with Crippen LogP contribution in [-0.4, -0.2) is 40.8 Å². The highest BCUT2D eigenvalue weighted by Gasteiger charge is 2.53. The molecule has 2 aliphatic rings. The highest BCUT2D eigenvalue weighted by molar-refractivity contribution is 5.85. The summed E-state index contributed by atoms with van der Waals surface area (Å²) < 4.78 is 7.05. The van der Waals surface area contributed by atoms with Gasteiger partial charge in [0.2, 0.25) is 0 Å². The highest BCUT2D eigenvalue weighted by atomic mass is 16.5. The van der Waals surface area contributed by atoms with Crippen LogP contribution < -0.4 is 15.4 Å². The minimum absolute atomic E-state index is 0.377. The summed E-state index contributed by atoms with van der Waals surface area (Å²) >= 11 is 0. The van der Waals surface area contributed by atoms with E-state index in [1.165, 1.54) is 0 Å². The van der Waals surface area contributed by atoms with Gasteiger partial charge in [-0.15, -0.1) is 0 Å². The van der Waals surface area contributed by atoms with Gasteiger partial charge in [-0.3, -0.25) is 0 Å². The summed E-state index contributed by atoms with van der Waals surface area (Å²) in [5.74, 6) is 2.90. The number of hydrogen-bond donors (Lipinski definition) is 1. The van der Waals surface area contributed by atoms with Gasteiger partial charge in [0.15, 0.2) is 0 Å². The Morgan fingerprint density at radius 3 is 2.73 bits per heavy atom. The molecule has 3 aromatic heterocycles. The number of nitrogens with zero attached hydrogens (tertiary/aromatic N) is 5. The molecule has 1 aliphatic heterocycles. The molecule has 0 aromatic carbocycles. The molecular formula is C19H18N6O. The zero-order valence-corrected chi connectivity index (χ0v) is 14.3. The van der Waals surface area contributed by atoms with E-state index >= 15 is 0 Å². The summed E-state index contributed by atoms with van der Waals surface area (Å²) in [5, 5.41) is 13.7. The van der Waals surface area contributed by atoms with E-state index < -0.39 is 0 Å². The number of nitrogens with two attached hydrogens (primary N) is 1. The lowest BCUT2D eigenvalue weighted by atomic mass is 10.1. The molecule has 0 spiro atoms. The topological polar surface area (TPSA) is 92.5 Å². The zero-order valence-electron chi connectivity index (χ0n) is 14.3. The monoisotopic (exact) mass is 346 g/mol. The Labute approximate surface area is 150 Å². The fraction of sp³-hybridized carbons (Fsp3) is 0.316. The summed E-state index contributed by atoms with van der Waals surface area (Å²) in [6.07, 6.45) is 5.18. The summed E-state index contributed by atoms with van der Waals surface area (Å²) in [7, 11) is 1.62. The smallest absolute Gasteiger partial charge is 0.137 e. The van der Waals surface area contributed by atoms with E-state index in [1.54, 1.807) is 24.0 Å². The van der Waals surface area contributed by atoms with Crippen LogP contribution in [0.4, 0.5) is 5.82 Å². The van der Waals surface area contributed by atoms with E-state index in [1.807, 2.05) is 24.4 Å². The molecule has 5 rings (SSSR count). The number of ether oxygens (including phenoxy) is 1. The summed E-state index contributed by atoms with van der Waals surface area (Å²) in [5.41, 5.74) is 9.11. The molecule has 7 heteroatoms. The van der Waals surface area contributed by atoms with Gasteiger partial charge >= 0.3 is 0 Å². The molecule has 7 nitrogen and oxygen atoms in total. The largest absolute Gasteiger partial charge is 0.495 e. The van der Waals surface area contributed by atoms with Crippen molar-refractivity contribution in [1.29, 1.82) is 5.26 Å². The molecule has 0 radical (unpaired) electrons. The molecule has 0 bridgehead atoms. The Hall–Kier alpha value is -3.11. The molecule has 3 aromatic rings. The van der Waals surface area contributed by atoms with Gasteiger partial charge in [-0.2, -0.15) is 10.4 Å². The first-order valence-corrected chi connectivity index (χ1v) is 8.62. The molecule has 3 atom stereocenters. The molecule has 1 saturated carbocycles. The lowest BCUT2D eigenvalue weighted by Gasteiger charge is -2.20. The van der Waals surface area contributed by atoms with Crippen LogP contribution in [0.5, 0.6) is 5.75 Å². The molecule has 0 amide bonds. The minimum atomic E-state index is 0.377.